The highest BCUT2D eigenvalue weighted by Crippen LogP contribution is 2.37. The Bertz CT molecular complexity index is 433. The fraction of sp³-hybridized carbons (Fsp3) is 0.300. The number of ether oxygens (including phenoxy) is 1. The number of aromatic hydroxyl groups is 1. The quantitative estimate of drug-likeness (QED) is 0.656. The van der Waals surface area contributed by atoms with Crippen LogP contribution in [0, 0.1) is 0 Å². The van der Waals surface area contributed by atoms with Crippen LogP contribution in [0.5, 0.6) is 11.5 Å². The summed E-state index contributed by atoms with van der Waals surface area (Å²) in [5, 5.41) is 12.1. The highest BCUT2D eigenvalue weighted by Gasteiger charge is 2.37. The third-order valence-electron chi connectivity index (χ3n) is 2.71. The topological polar surface area (TPSA) is 61.8 Å². The monoisotopic (exact) mass is 206 g/mol. The van der Waals surface area contributed by atoms with Gasteiger partial charge in [-0.1, -0.05) is 0 Å². The second-order valence-corrected chi connectivity index (χ2v) is 3.67. The molecule has 15 heavy (non-hydrogen) atoms. The van der Waals surface area contributed by atoms with Crippen LogP contribution in [0.15, 0.2) is 18.2 Å². The molecule has 5 heteroatoms. The summed E-state index contributed by atoms with van der Waals surface area (Å²) in [7, 11) is 0. The Morgan fingerprint density at radius 1 is 1.53 bits per heavy atom. The molecule has 0 aliphatic carbocycles. The molecule has 1 atom stereocenters. The Balaban J connectivity index is 2.12. The Kier molecular flexibility index (Phi) is 1.56. The van der Waals surface area contributed by atoms with Crippen molar-refractivity contribution < 1.29 is 14.6 Å². The van der Waals surface area contributed by atoms with Crippen LogP contribution in [0.4, 0.5) is 10.5 Å². The Hall–Kier alpha value is -1.91. The van der Waals surface area contributed by atoms with Gasteiger partial charge in [0.25, 0.3) is 0 Å². The molecule has 0 aromatic heterocycles. The second kappa shape index (κ2) is 2.79. The van der Waals surface area contributed by atoms with E-state index in [9.17, 15) is 9.90 Å². The molecule has 5 nitrogen and oxygen atoms in total. The first-order valence-electron chi connectivity index (χ1n) is 4.78. The number of nitrogens with one attached hydrogen (secondary N) is 1. The molecule has 2 aliphatic rings. The molecule has 3 rings (SSSR count). The van der Waals surface area contributed by atoms with Gasteiger partial charge in [0.1, 0.15) is 18.1 Å². The molecule has 1 saturated heterocycles. The van der Waals surface area contributed by atoms with Crippen LogP contribution in [-0.2, 0) is 0 Å². The Morgan fingerprint density at radius 3 is 3.27 bits per heavy atom. The van der Waals surface area contributed by atoms with E-state index >= 15 is 0 Å². The summed E-state index contributed by atoms with van der Waals surface area (Å²) in [5.41, 5.74) is 0.640. The molecule has 1 unspecified atom stereocenters. The SMILES string of the molecule is O=C1NCC2COc3ccc(O)cc3N12. The summed E-state index contributed by atoms with van der Waals surface area (Å²) < 4.78 is 5.50. The fourth-order valence-corrected chi connectivity index (χ4v) is 1.99. The van der Waals surface area contributed by atoms with E-state index in [1.54, 1.807) is 23.1 Å². The van der Waals surface area contributed by atoms with E-state index in [2.05, 4.69) is 5.32 Å². The average Bonchev–Trinajstić information content (AvgIpc) is 2.60. The van der Waals surface area contributed by atoms with E-state index in [0.29, 0.717) is 24.6 Å². The number of rotatable bonds is 0. The van der Waals surface area contributed by atoms with Crippen molar-refractivity contribution in [2.75, 3.05) is 18.1 Å². The lowest BCUT2D eigenvalue weighted by Gasteiger charge is -2.30. The third kappa shape index (κ3) is 1.12. The van der Waals surface area contributed by atoms with Gasteiger partial charge in [0.15, 0.2) is 0 Å². The van der Waals surface area contributed by atoms with Crippen LogP contribution in [0.2, 0.25) is 0 Å². The number of phenols is 1. The number of carbonyl (C=O) groups is 1. The number of amides is 2. The molecule has 0 saturated carbocycles. The predicted octanol–water partition coefficient (Wildman–Crippen LogP) is 0.683. The van der Waals surface area contributed by atoms with Crippen molar-refractivity contribution in [1.82, 2.24) is 5.32 Å². The van der Waals surface area contributed by atoms with Gasteiger partial charge in [-0.2, -0.15) is 0 Å². The van der Waals surface area contributed by atoms with Crippen molar-refractivity contribution in [3.63, 3.8) is 0 Å². The normalized spacial score (nSPS) is 22.8. The lowest BCUT2D eigenvalue weighted by molar-refractivity contribution is 0.245. The molecule has 2 N–H and O–H groups in total. The third-order valence-corrected chi connectivity index (χ3v) is 2.71. The number of hydrogen-bond acceptors (Lipinski definition) is 3. The Labute approximate surface area is 86.3 Å². The van der Waals surface area contributed by atoms with E-state index < -0.39 is 0 Å². The summed E-state index contributed by atoms with van der Waals surface area (Å²) in [6, 6.07) is 4.67. The zero-order chi connectivity index (χ0) is 10.4. The maximum atomic E-state index is 11.6. The first-order valence-corrected chi connectivity index (χ1v) is 4.78. The number of phenolic OH excluding ortho intramolecular Hbond substituents is 1. The van der Waals surface area contributed by atoms with Gasteiger partial charge in [-0.25, -0.2) is 4.79 Å². The van der Waals surface area contributed by atoms with E-state index in [1.807, 2.05) is 0 Å². The van der Waals surface area contributed by atoms with Crippen molar-refractivity contribution in [3.8, 4) is 11.5 Å². The van der Waals surface area contributed by atoms with Crippen LogP contribution in [0.25, 0.3) is 0 Å². The van der Waals surface area contributed by atoms with Crippen molar-refractivity contribution in [3.05, 3.63) is 18.2 Å². The number of fused-ring (bicyclic) bond motifs is 3. The van der Waals surface area contributed by atoms with Crippen LogP contribution in [0.1, 0.15) is 0 Å². The second-order valence-electron chi connectivity index (χ2n) is 3.67. The number of anilines is 1. The van der Waals surface area contributed by atoms with Gasteiger partial charge in [0.05, 0.1) is 11.7 Å². The van der Waals surface area contributed by atoms with Gasteiger partial charge < -0.3 is 15.2 Å². The van der Waals surface area contributed by atoms with Crippen LogP contribution in [-0.4, -0.2) is 30.3 Å². The van der Waals surface area contributed by atoms with Gasteiger partial charge in [-0.3, -0.25) is 4.90 Å². The molecule has 0 radical (unpaired) electrons. The van der Waals surface area contributed by atoms with E-state index in [4.69, 9.17) is 4.74 Å². The van der Waals surface area contributed by atoms with Crippen molar-refractivity contribution >= 4 is 11.7 Å². The predicted molar refractivity (Wildman–Crippen MR) is 53.3 cm³/mol. The fourth-order valence-electron chi connectivity index (χ4n) is 1.99. The maximum absolute atomic E-state index is 11.6. The molecule has 78 valence electrons. The van der Waals surface area contributed by atoms with Crippen LogP contribution < -0.4 is 15.0 Å². The lowest BCUT2D eigenvalue weighted by Crippen LogP contribution is -2.41. The highest BCUT2D eigenvalue weighted by atomic mass is 16.5. The molecular formula is C10H10N2O3. The number of nitrogens with zero attached hydrogens (tertiary/aromatic N) is 1. The van der Waals surface area contributed by atoms with Gasteiger partial charge in [-0.05, 0) is 12.1 Å². The highest BCUT2D eigenvalue weighted by molar-refractivity contribution is 5.97. The number of urea groups is 1. The zero-order valence-corrected chi connectivity index (χ0v) is 7.93. The summed E-state index contributed by atoms with van der Waals surface area (Å²) >= 11 is 0. The lowest BCUT2D eigenvalue weighted by atomic mass is 10.2. The summed E-state index contributed by atoms with van der Waals surface area (Å²) in [4.78, 5) is 13.2. The van der Waals surface area contributed by atoms with E-state index in [1.165, 1.54) is 0 Å². The van der Waals surface area contributed by atoms with E-state index in [-0.39, 0.29) is 17.8 Å². The molecule has 2 heterocycles. The van der Waals surface area contributed by atoms with Crippen LogP contribution in [0.3, 0.4) is 0 Å². The molecule has 1 aromatic carbocycles. The summed E-state index contributed by atoms with van der Waals surface area (Å²) in [5.74, 6) is 0.777. The summed E-state index contributed by atoms with van der Waals surface area (Å²) in [6.45, 7) is 1.09. The average molecular weight is 206 g/mol. The van der Waals surface area contributed by atoms with Gasteiger partial charge in [-0.15, -0.1) is 0 Å². The zero-order valence-electron chi connectivity index (χ0n) is 7.93. The minimum Gasteiger partial charge on any atom is -0.508 e. The van der Waals surface area contributed by atoms with Crippen molar-refractivity contribution in [2.45, 2.75) is 6.04 Å². The maximum Gasteiger partial charge on any atom is 0.322 e. The molecule has 1 aromatic rings. The largest absolute Gasteiger partial charge is 0.508 e. The number of carbonyl (C=O) groups excluding carboxylic acids is 1. The summed E-state index contributed by atoms with van der Waals surface area (Å²) in [6.07, 6.45) is 0. The van der Waals surface area contributed by atoms with Gasteiger partial charge in [0, 0.05) is 12.6 Å². The number of hydrogen-bond donors (Lipinski definition) is 2. The minimum atomic E-state index is -0.129. The van der Waals surface area contributed by atoms with E-state index in [0.717, 1.165) is 0 Å². The van der Waals surface area contributed by atoms with Gasteiger partial charge >= 0.3 is 6.03 Å². The molecule has 0 spiro atoms. The first kappa shape index (κ1) is 8.40. The van der Waals surface area contributed by atoms with Gasteiger partial charge in [0.2, 0.25) is 0 Å². The number of benzene rings is 1. The van der Waals surface area contributed by atoms with Crippen molar-refractivity contribution in [2.24, 2.45) is 0 Å². The molecule has 2 aliphatic heterocycles. The molecular weight excluding hydrogens is 196 g/mol. The molecule has 2 amide bonds. The Morgan fingerprint density at radius 2 is 2.40 bits per heavy atom. The smallest absolute Gasteiger partial charge is 0.322 e. The molecule has 0 bridgehead atoms. The standard InChI is InChI=1S/C10H10N2O3/c13-7-1-2-9-8(3-7)12-6(5-15-9)4-11-10(12)14/h1-3,6,13H,4-5H2,(H,11,14). The van der Waals surface area contributed by atoms with Crippen LogP contribution >= 0.6 is 0 Å². The minimum absolute atomic E-state index is 0.0341. The van der Waals surface area contributed by atoms with Crippen molar-refractivity contribution in [1.29, 1.82) is 0 Å². The first-order chi connectivity index (χ1) is 7.25. The molecule has 1 fully saturated rings.